The summed E-state index contributed by atoms with van der Waals surface area (Å²) in [6.45, 7) is 1.70. The predicted molar refractivity (Wildman–Crippen MR) is 146 cm³/mol. The third-order valence-electron chi connectivity index (χ3n) is 5.90. The highest BCUT2D eigenvalue weighted by atomic mass is 79.9. The largest absolute Gasteiger partial charge is 0.344 e. The maximum absolute atomic E-state index is 14.6. The van der Waals surface area contributed by atoms with Crippen LogP contribution >= 0.6 is 39.1 Å². The second kappa shape index (κ2) is 11.0. The van der Waals surface area contributed by atoms with Crippen molar-refractivity contribution in [2.75, 3.05) is 0 Å². The number of aromatic amines is 1. The van der Waals surface area contributed by atoms with Gasteiger partial charge in [0.1, 0.15) is 5.82 Å². The maximum atomic E-state index is 14.6. The van der Waals surface area contributed by atoms with Gasteiger partial charge in [-0.2, -0.15) is 10.3 Å². The Balaban J connectivity index is 1.66. The average molecular weight is 615 g/mol. The Bertz CT molecular complexity index is 1610. The second-order valence-corrected chi connectivity index (χ2v) is 10.2. The number of halogens is 4. The van der Waals surface area contributed by atoms with Crippen molar-refractivity contribution in [1.82, 2.24) is 35.7 Å². The molecule has 2 heterocycles. The smallest absolute Gasteiger partial charge is 0.272 e. The lowest BCUT2D eigenvalue weighted by Gasteiger charge is -2.15. The highest BCUT2D eigenvalue weighted by molar-refractivity contribution is 9.10. The third kappa shape index (κ3) is 5.33. The zero-order valence-corrected chi connectivity index (χ0v) is 22.9. The van der Waals surface area contributed by atoms with Crippen molar-refractivity contribution >= 4 is 45.0 Å². The molecule has 0 aliphatic heterocycles. The number of nitrogens with zero attached hydrogens (tertiary/aromatic N) is 5. The van der Waals surface area contributed by atoms with Gasteiger partial charge in [-0.25, -0.2) is 9.07 Å². The number of hydrogen-bond donors (Lipinski definition) is 2. The van der Waals surface area contributed by atoms with Gasteiger partial charge in [-0.3, -0.25) is 4.79 Å². The van der Waals surface area contributed by atoms with E-state index in [2.05, 4.69) is 41.9 Å². The van der Waals surface area contributed by atoms with Gasteiger partial charge in [-0.1, -0.05) is 74.7 Å². The predicted octanol–water partition coefficient (Wildman–Crippen LogP) is 6.34. The maximum Gasteiger partial charge on any atom is 0.272 e. The second-order valence-electron chi connectivity index (χ2n) is 8.41. The van der Waals surface area contributed by atoms with Crippen LogP contribution in [0.1, 0.15) is 40.4 Å². The van der Waals surface area contributed by atoms with Gasteiger partial charge in [-0.15, -0.1) is 10.2 Å². The van der Waals surface area contributed by atoms with E-state index in [9.17, 15) is 9.18 Å². The Morgan fingerprint density at radius 2 is 1.89 bits per heavy atom. The molecule has 5 rings (SSSR count). The first-order valence-corrected chi connectivity index (χ1v) is 13.0. The molecule has 0 bridgehead atoms. The molecule has 0 spiro atoms. The SMILES string of the molecule is CC(NC(=O)c1nn(-c2ccccc2Cl)c(-c2ccc(Cl)cc2)c1Cc1nn[nH]n1)c1ccc(Br)cc1F. The molecule has 1 unspecified atom stereocenters. The molecule has 192 valence electrons. The van der Waals surface area contributed by atoms with E-state index in [0.29, 0.717) is 42.9 Å². The van der Waals surface area contributed by atoms with Crippen molar-refractivity contribution in [3.63, 3.8) is 0 Å². The molecule has 5 aromatic rings. The van der Waals surface area contributed by atoms with Crippen molar-refractivity contribution in [3.05, 3.63) is 110 Å². The van der Waals surface area contributed by atoms with Crippen LogP contribution in [-0.4, -0.2) is 36.3 Å². The molecule has 3 aromatic carbocycles. The summed E-state index contributed by atoms with van der Waals surface area (Å²) in [5.41, 5.74) is 2.90. The third-order valence-corrected chi connectivity index (χ3v) is 6.96. The number of carbonyl (C=O) groups excluding carboxylic acids is 1. The molecule has 0 aliphatic carbocycles. The number of rotatable bonds is 7. The molecule has 0 aliphatic rings. The van der Waals surface area contributed by atoms with Crippen LogP contribution in [0.3, 0.4) is 0 Å². The Labute approximate surface area is 235 Å². The number of carbonyl (C=O) groups is 1. The van der Waals surface area contributed by atoms with Gasteiger partial charge >= 0.3 is 0 Å². The lowest BCUT2D eigenvalue weighted by atomic mass is 10.0. The van der Waals surface area contributed by atoms with Crippen LogP contribution in [0.15, 0.2) is 71.2 Å². The first kappa shape index (κ1) is 26.0. The molecular formula is C26H19BrCl2FN7O. The minimum atomic E-state index is -0.641. The summed E-state index contributed by atoms with van der Waals surface area (Å²) in [7, 11) is 0. The molecule has 2 N–H and O–H groups in total. The fraction of sp³-hybridized carbons (Fsp3) is 0.115. The van der Waals surface area contributed by atoms with Crippen molar-refractivity contribution in [2.45, 2.75) is 19.4 Å². The number of para-hydroxylation sites is 1. The van der Waals surface area contributed by atoms with E-state index in [0.717, 1.165) is 5.56 Å². The van der Waals surface area contributed by atoms with E-state index in [1.165, 1.54) is 6.07 Å². The monoisotopic (exact) mass is 613 g/mol. The van der Waals surface area contributed by atoms with Gasteiger partial charge in [0.05, 0.1) is 22.4 Å². The summed E-state index contributed by atoms with van der Waals surface area (Å²) in [5, 5.41) is 22.8. The molecule has 38 heavy (non-hydrogen) atoms. The van der Waals surface area contributed by atoms with Crippen molar-refractivity contribution in [1.29, 1.82) is 0 Å². The highest BCUT2D eigenvalue weighted by Gasteiger charge is 2.28. The van der Waals surface area contributed by atoms with Gasteiger partial charge < -0.3 is 5.32 Å². The molecule has 12 heteroatoms. The van der Waals surface area contributed by atoms with Crippen LogP contribution in [0.5, 0.6) is 0 Å². The van der Waals surface area contributed by atoms with Crippen molar-refractivity contribution < 1.29 is 9.18 Å². The average Bonchev–Trinajstić information content (AvgIpc) is 3.53. The molecule has 0 radical (unpaired) electrons. The summed E-state index contributed by atoms with van der Waals surface area (Å²) in [6, 6.07) is 18.4. The molecule has 2 aromatic heterocycles. The minimum Gasteiger partial charge on any atom is -0.344 e. The van der Waals surface area contributed by atoms with Gasteiger partial charge in [0.2, 0.25) is 0 Å². The van der Waals surface area contributed by atoms with E-state index in [4.69, 9.17) is 28.3 Å². The summed E-state index contributed by atoms with van der Waals surface area (Å²) < 4.78 is 16.8. The van der Waals surface area contributed by atoms with Gasteiger partial charge in [0.15, 0.2) is 11.5 Å². The molecule has 0 saturated carbocycles. The quantitative estimate of drug-likeness (QED) is 0.223. The number of hydrogen-bond acceptors (Lipinski definition) is 5. The first-order chi connectivity index (χ1) is 18.3. The number of nitrogens with one attached hydrogen (secondary N) is 2. The Morgan fingerprint density at radius 1 is 1.13 bits per heavy atom. The number of benzene rings is 3. The van der Waals surface area contributed by atoms with Crippen LogP contribution in [0, 0.1) is 5.82 Å². The van der Waals surface area contributed by atoms with Crippen molar-refractivity contribution in [2.24, 2.45) is 0 Å². The van der Waals surface area contributed by atoms with E-state index in [1.807, 2.05) is 18.2 Å². The summed E-state index contributed by atoms with van der Waals surface area (Å²) in [6.07, 6.45) is 0.142. The van der Waals surface area contributed by atoms with Gasteiger partial charge in [0, 0.05) is 32.6 Å². The summed E-state index contributed by atoms with van der Waals surface area (Å²) in [5.74, 6) is -0.582. The highest BCUT2D eigenvalue weighted by Crippen LogP contribution is 2.34. The van der Waals surface area contributed by atoms with Crippen LogP contribution in [-0.2, 0) is 6.42 Å². The lowest BCUT2D eigenvalue weighted by Crippen LogP contribution is -2.28. The standard InChI is InChI=1S/C26H19BrCl2FN7O/c1-14(18-11-8-16(27)12-21(18)30)31-26(38)24-19(13-23-32-35-36-33-23)25(15-6-9-17(28)10-7-15)37(34-24)22-5-3-2-4-20(22)29/h2-12,14H,13H2,1H3,(H,31,38)(H,32,33,35,36). The number of aromatic nitrogens is 6. The fourth-order valence-electron chi connectivity index (χ4n) is 4.11. The summed E-state index contributed by atoms with van der Waals surface area (Å²) >= 11 is 16.0. The van der Waals surface area contributed by atoms with Crippen LogP contribution in [0.25, 0.3) is 16.9 Å². The molecule has 0 saturated heterocycles. The topological polar surface area (TPSA) is 101 Å². The molecule has 0 fully saturated rings. The zero-order chi connectivity index (χ0) is 26.8. The normalized spacial score (nSPS) is 11.9. The van der Waals surface area contributed by atoms with E-state index >= 15 is 0 Å². The van der Waals surface area contributed by atoms with E-state index in [-0.39, 0.29) is 12.1 Å². The minimum absolute atomic E-state index is 0.115. The Morgan fingerprint density at radius 3 is 2.58 bits per heavy atom. The number of H-pyrrole nitrogens is 1. The van der Waals surface area contributed by atoms with Crippen molar-refractivity contribution in [3.8, 4) is 16.9 Å². The molecular weight excluding hydrogens is 596 g/mol. The molecule has 1 amide bonds. The van der Waals surface area contributed by atoms with Crippen LogP contribution in [0.2, 0.25) is 10.0 Å². The van der Waals surface area contributed by atoms with Crippen LogP contribution in [0.4, 0.5) is 4.39 Å². The molecule has 8 nitrogen and oxygen atoms in total. The van der Waals surface area contributed by atoms with E-state index in [1.54, 1.807) is 54.1 Å². The van der Waals surface area contributed by atoms with Gasteiger partial charge in [-0.05, 0) is 43.3 Å². The fourth-order valence-corrected chi connectivity index (χ4v) is 4.79. The number of tetrazole rings is 1. The lowest BCUT2D eigenvalue weighted by molar-refractivity contribution is 0.0933. The zero-order valence-electron chi connectivity index (χ0n) is 19.8. The summed E-state index contributed by atoms with van der Waals surface area (Å²) in [4.78, 5) is 13.7. The first-order valence-electron chi connectivity index (χ1n) is 11.4. The Hall–Kier alpha value is -3.60. The number of amides is 1. The van der Waals surface area contributed by atoms with E-state index < -0.39 is 17.8 Å². The van der Waals surface area contributed by atoms with Gasteiger partial charge in [0.25, 0.3) is 5.91 Å². The van der Waals surface area contributed by atoms with Crippen LogP contribution < -0.4 is 5.32 Å². The molecule has 1 atom stereocenters. The Kier molecular flexibility index (Phi) is 7.55.